The minimum atomic E-state index is -0.347. The molecule has 0 spiro atoms. The number of hydrogen-bond donors (Lipinski definition) is 2. The number of hydrogen-bond acceptors (Lipinski definition) is 3. The Morgan fingerprint density at radius 2 is 2.17 bits per heavy atom. The maximum atomic E-state index is 11.9. The molecule has 0 saturated carbocycles. The summed E-state index contributed by atoms with van der Waals surface area (Å²) < 4.78 is 5.25. The lowest BCUT2D eigenvalue weighted by Gasteiger charge is -2.06. The van der Waals surface area contributed by atoms with Crippen LogP contribution in [0.3, 0.4) is 0 Å². The Bertz CT molecular complexity index is 578. The van der Waals surface area contributed by atoms with Gasteiger partial charge in [0.15, 0.2) is 5.76 Å². The topological polar surface area (TPSA) is 68.3 Å². The summed E-state index contributed by atoms with van der Waals surface area (Å²) in [5.74, 6) is 0.433. The van der Waals surface area contributed by atoms with Crippen LogP contribution in [-0.4, -0.2) is 5.91 Å². The van der Waals surface area contributed by atoms with Crippen LogP contribution in [0.1, 0.15) is 21.9 Å². The van der Waals surface area contributed by atoms with E-state index in [1.165, 1.54) is 0 Å². The first-order valence-corrected chi connectivity index (χ1v) is 5.84. The van der Waals surface area contributed by atoms with E-state index in [2.05, 4.69) is 5.32 Å². The van der Waals surface area contributed by atoms with Gasteiger partial charge in [-0.15, -0.1) is 0 Å². The molecule has 5 heteroatoms. The van der Waals surface area contributed by atoms with Gasteiger partial charge in [0.25, 0.3) is 5.91 Å². The summed E-state index contributed by atoms with van der Waals surface area (Å²) in [6.45, 7) is 2.19. The number of benzene rings is 1. The van der Waals surface area contributed by atoms with E-state index in [1.54, 1.807) is 24.3 Å². The molecule has 18 heavy (non-hydrogen) atoms. The number of halogens is 1. The minimum Gasteiger partial charge on any atom is -0.455 e. The zero-order valence-electron chi connectivity index (χ0n) is 9.87. The van der Waals surface area contributed by atoms with Crippen LogP contribution < -0.4 is 11.1 Å². The largest absolute Gasteiger partial charge is 0.455 e. The number of aryl methyl sites for hydroxylation is 1. The summed E-state index contributed by atoms with van der Waals surface area (Å²) in [6, 6.07) is 8.66. The van der Waals surface area contributed by atoms with Crippen molar-refractivity contribution in [2.45, 2.75) is 13.5 Å². The van der Waals surface area contributed by atoms with Gasteiger partial charge in [-0.2, -0.15) is 0 Å². The maximum Gasteiger partial charge on any atom is 0.291 e. The first-order chi connectivity index (χ1) is 8.60. The van der Waals surface area contributed by atoms with Crippen molar-refractivity contribution in [3.8, 4) is 0 Å². The van der Waals surface area contributed by atoms with Gasteiger partial charge in [-0.05, 0) is 36.8 Å². The van der Waals surface area contributed by atoms with Crippen molar-refractivity contribution in [2.24, 2.45) is 5.73 Å². The van der Waals surface area contributed by atoms with E-state index in [4.69, 9.17) is 21.8 Å². The third-order valence-electron chi connectivity index (χ3n) is 2.46. The molecule has 0 atom stereocenters. The van der Waals surface area contributed by atoms with Crippen LogP contribution in [-0.2, 0) is 6.54 Å². The first kappa shape index (κ1) is 12.7. The van der Waals surface area contributed by atoms with Gasteiger partial charge in [-0.25, -0.2) is 0 Å². The van der Waals surface area contributed by atoms with Crippen molar-refractivity contribution in [2.75, 3.05) is 5.32 Å². The lowest BCUT2D eigenvalue weighted by atomic mass is 10.2. The Morgan fingerprint density at radius 1 is 1.39 bits per heavy atom. The third kappa shape index (κ3) is 2.72. The zero-order valence-corrected chi connectivity index (χ0v) is 10.6. The first-order valence-electron chi connectivity index (χ1n) is 5.46. The fraction of sp³-hybridized carbons (Fsp3) is 0.154. The lowest BCUT2D eigenvalue weighted by Crippen LogP contribution is -2.11. The lowest BCUT2D eigenvalue weighted by molar-refractivity contribution is 0.0995. The van der Waals surface area contributed by atoms with Crippen LogP contribution in [0.25, 0.3) is 0 Å². The van der Waals surface area contributed by atoms with Crippen LogP contribution >= 0.6 is 11.6 Å². The number of nitrogens with one attached hydrogen (secondary N) is 1. The molecule has 1 heterocycles. The summed E-state index contributed by atoms with van der Waals surface area (Å²) in [6.07, 6.45) is 0. The number of carbonyl (C=O) groups is 1. The molecule has 2 rings (SSSR count). The molecule has 0 radical (unpaired) electrons. The molecule has 0 aliphatic rings. The van der Waals surface area contributed by atoms with Crippen LogP contribution in [0, 0.1) is 6.92 Å². The number of rotatable bonds is 3. The summed E-state index contributed by atoms with van der Waals surface area (Å²) in [7, 11) is 0. The van der Waals surface area contributed by atoms with Gasteiger partial charge in [-0.3, -0.25) is 4.79 Å². The van der Waals surface area contributed by atoms with E-state index in [9.17, 15) is 4.79 Å². The van der Waals surface area contributed by atoms with Crippen LogP contribution in [0.2, 0.25) is 5.02 Å². The Morgan fingerprint density at radius 3 is 2.78 bits per heavy atom. The predicted octanol–water partition coefficient (Wildman–Crippen LogP) is 2.95. The third-order valence-corrected chi connectivity index (χ3v) is 2.77. The number of anilines is 1. The Labute approximate surface area is 110 Å². The molecule has 0 fully saturated rings. The number of nitrogens with two attached hydrogens (primary N) is 1. The molecule has 0 saturated heterocycles. The molecule has 0 aliphatic carbocycles. The van der Waals surface area contributed by atoms with Crippen molar-refractivity contribution < 1.29 is 9.21 Å². The van der Waals surface area contributed by atoms with E-state index >= 15 is 0 Å². The van der Waals surface area contributed by atoms with E-state index in [0.29, 0.717) is 16.5 Å². The molecule has 1 aromatic carbocycles. The van der Waals surface area contributed by atoms with Crippen molar-refractivity contribution in [1.82, 2.24) is 0 Å². The highest BCUT2D eigenvalue weighted by Crippen LogP contribution is 2.23. The molecule has 3 N–H and O–H groups in total. The van der Waals surface area contributed by atoms with E-state index in [1.807, 2.05) is 13.0 Å². The van der Waals surface area contributed by atoms with Gasteiger partial charge >= 0.3 is 0 Å². The Kier molecular flexibility index (Phi) is 3.69. The molecular formula is C13H13ClN2O2. The van der Waals surface area contributed by atoms with Gasteiger partial charge in [0.05, 0.1) is 17.3 Å². The van der Waals surface area contributed by atoms with E-state index in [0.717, 1.165) is 5.56 Å². The number of furan rings is 1. The van der Waals surface area contributed by atoms with Crippen molar-refractivity contribution in [1.29, 1.82) is 0 Å². The van der Waals surface area contributed by atoms with Crippen molar-refractivity contribution in [3.63, 3.8) is 0 Å². The van der Waals surface area contributed by atoms with Gasteiger partial charge < -0.3 is 15.5 Å². The smallest absolute Gasteiger partial charge is 0.291 e. The highest BCUT2D eigenvalue weighted by Gasteiger charge is 2.12. The average molecular weight is 265 g/mol. The summed E-state index contributed by atoms with van der Waals surface area (Å²) in [5, 5.41) is 3.18. The normalized spacial score (nSPS) is 10.4. The molecular weight excluding hydrogens is 252 g/mol. The fourth-order valence-electron chi connectivity index (χ4n) is 1.52. The molecule has 0 bridgehead atoms. The van der Waals surface area contributed by atoms with Crippen LogP contribution in [0.5, 0.6) is 0 Å². The van der Waals surface area contributed by atoms with E-state index < -0.39 is 0 Å². The van der Waals surface area contributed by atoms with E-state index in [-0.39, 0.29) is 18.2 Å². The van der Waals surface area contributed by atoms with Gasteiger partial charge in [0, 0.05) is 0 Å². The number of amides is 1. The molecule has 94 valence electrons. The molecule has 0 aliphatic heterocycles. The Balaban J connectivity index is 2.16. The SMILES string of the molecule is Cc1ccc(NC(=O)c2ccc(CN)o2)c(Cl)c1. The number of carbonyl (C=O) groups excluding carboxylic acids is 1. The maximum absolute atomic E-state index is 11.9. The predicted molar refractivity (Wildman–Crippen MR) is 70.7 cm³/mol. The van der Waals surface area contributed by atoms with Crippen LogP contribution in [0.4, 0.5) is 5.69 Å². The second-order valence-electron chi connectivity index (χ2n) is 3.91. The molecule has 4 nitrogen and oxygen atoms in total. The highest BCUT2D eigenvalue weighted by molar-refractivity contribution is 6.34. The summed E-state index contributed by atoms with van der Waals surface area (Å²) >= 11 is 6.03. The highest BCUT2D eigenvalue weighted by atomic mass is 35.5. The second-order valence-corrected chi connectivity index (χ2v) is 4.31. The molecule has 2 aromatic rings. The Hall–Kier alpha value is -1.78. The van der Waals surface area contributed by atoms with Gasteiger partial charge in [0.2, 0.25) is 0 Å². The van der Waals surface area contributed by atoms with Crippen molar-refractivity contribution >= 4 is 23.2 Å². The van der Waals surface area contributed by atoms with Crippen LogP contribution in [0.15, 0.2) is 34.7 Å². The minimum absolute atomic E-state index is 0.215. The summed E-state index contributed by atoms with van der Waals surface area (Å²) in [5.41, 5.74) is 6.99. The fourth-order valence-corrected chi connectivity index (χ4v) is 1.80. The molecule has 1 amide bonds. The quantitative estimate of drug-likeness (QED) is 0.896. The summed E-state index contributed by atoms with van der Waals surface area (Å²) in [4.78, 5) is 11.9. The van der Waals surface area contributed by atoms with Gasteiger partial charge in [0.1, 0.15) is 5.76 Å². The zero-order chi connectivity index (χ0) is 13.1. The molecule has 0 unspecified atom stereocenters. The van der Waals surface area contributed by atoms with Gasteiger partial charge in [-0.1, -0.05) is 17.7 Å². The second kappa shape index (κ2) is 5.25. The average Bonchev–Trinajstić information content (AvgIpc) is 2.81. The van der Waals surface area contributed by atoms with Crippen molar-refractivity contribution in [3.05, 3.63) is 52.4 Å². The molecule has 1 aromatic heterocycles. The standard InChI is InChI=1S/C13H13ClN2O2/c1-8-2-4-11(10(14)6-8)16-13(17)12-5-3-9(7-15)18-12/h2-6H,7,15H2,1H3,(H,16,17). The monoisotopic (exact) mass is 264 g/mol.